The van der Waals surface area contributed by atoms with E-state index >= 15 is 0 Å². The molecule has 0 heterocycles. The number of hydrogen-bond acceptors (Lipinski definition) is 4. The second-order valence-corrected chi connectivity index (χ2v) is 19.6. The summed E-state index contributed by atoms with van der Waals surface area (Å²) < 4.78 is 49.2. The fraction of sp³-hybridized carbons (Fsp3) is 0.850. The lowest BCUT2D eigenvalue weighted by Crippen LogP contribution is -2.32. The first kappa shape index (κ1) is 50.4. The normalized spacial score (nSPS) is 14.0. The summed E-state index contributed by atoms with van der Waals surface area (Å²) in [7, 11) is -2.94. The Hall–Kier alpha value is -1.02. The SMILES string of the molecule is CC.CC(C)(C)C(C)(C)C.CC(C)NS(=O)(=O)C1CC1.CC(C)OCC(C)(C)COC(C)(C)C.CC(C)c1cc(F)cc(C(C)C)c1. The predicted molar refractivity (Wildman–Crippen MR) is 206 cm³/mol. The van der Waals surface area contributed by atoms with E-state index in [0.717, 1.165) is 37.2 Å². The van der Waals surface area contributed by atoms with E-state index in [-0.39, 0.29) is 28.1 Å². The summed E-state index contributed by atoms with van der Waals surface area (Å²) in [5.74, 6) is 0.677. The molecular weight excluding hydrogens is 610 g/mol. The zero-order chi connectivity index (χ0) is 38.2. The molecule has 1 fully saturated rings. The van der Waals surface area contributed by atoms with Crippen LogP contribution in [0.1, 0.15) is 181 Å². The highest BCUT2D eigenvalue weighted by Gasteiger charge is 2.35. The molecule has 282 valence electrons. The number of nitrogens with one attached hydrogen (secondary N) is 1. The van der Waals surface area contributed by atoms with E-state index in [1.54, 1.807) is 12.1 Å². The lowest BCUT2D eigenvalue weighted by Gasteiger charge is -2.34. The van der Waals surface area contributed by atoms with Gasteiger partial charge < -0.3 is 9.47 Å². The summed E-state index contributed by atoms with van der Waals surface area (Å²) >= 11 is 0. The van der Waals surface area contributed by atoms with Crippen molar-refractivity contribution < 1.29 is 22.3 Å². The van der Waals surface area contributed by atoms with Gasteiger partial charge in [0.2, 0.25) is 10.0 Å². The Labute approximate surface area is 294 Å². The summed E-state index contributed by atoms with van der Waals surface area (Å²) in [6, 6.07) is 5.37. The van der Waals surface area contributed by atoms with Gasteiger partial charge in [0.1, 0.15) is 5.82 Å². The Morgan fingerprint density at radius 3 is 1.36 bits per heavy atom. The Morgan fingerprint density at radius 2 is 1.11 bits per heavy atom. The summed E-state index contributed by atoms with van der Waals surface area (Å²) in [6.45, 7) is 45.8. The fourth-order valence-corrected chi connectivity index (χ4v) is 4.56. The molecule has 2 rings (SSSR count). The molecule has 7 heteroatoms. The molecule has 0 bridgehead atoms. The molecule has 0 spiro atoms. The number of halogens is 1. The van der Waals surface area contributed by atoms with Crippen LogP contribution in [-0.2, 0) is 19.5 Å². The number of benzene rings is 1. The molecule has 0 atom stereocenters. The second-order valence-electron chi connectivity index (χ2n) is 17.6. The third-order valence-electron chi connectivity index (χ3n) is 7.59. The third kappa shape index (κ3) is 27.5. The molecule has 5 nitrogen and oxygen atoms in total. The van der Waals surface area contributed by atoms with Gasteiger partial charge in [0.25, 0.3) is 0 Å². The molecule has 1 aliphatic rings. The first-order chi connectivity index (χ1) is 20.9. The van der Waals surface area contributed by atoms with Crippen molar-refractivity contribution in [3.05, 3.63) is 35.1 Å². The second kappa shape index (κ2) is 21.9. The number of rotatable bonds is 10. The average Bonchev–Trinajstić information content (AvgIpc) is 3.73. The van der Waals surface area contributed by atoms with Crippen LogP contribution < -0.4 is 4.72 Å². The van der Waals surface area contributed by atoms with Gasteiger partial charge in [-0.05, 0) is 107 Å². The molecule has 0 saturated heterocycles. The Morgan fingerprint density at radius 1 is 0.723 bits per heavy atom. The summed E-state index contributed by atoms with van der Waals surface area (Å²) in [4.78, 5) is 0. The first-order valence-electron chi connectivity index (χ1n) is 18.0. The van der Waals surface area contributed by atoms with Gasteiger partial charge in [-0.2, -0.15) is 0 Å². The maximum atomic E-state index is 13.1. The Balaban J connectivity index is -0.000000549. The molecule has 1 aromatic rings. The van der Waals surface area contributed by atoms with E-state index in [2.05, 4.69) is 128 Å². The van der Waals surface area contributed by atoms with Crippen molar-refractivity contribution in [2.45, 2.75) is 193 Å². The van der Waals surface area contributed by atoms with Crippen molar-refractivity contribution >= 4 is 10.0 Å². The first-order valence-corrected chi connectivity index (χ1v) is 19.5. The van der Waals surface area contributed by atoms with Gasteiger partial charge in [-0.1, -0.05) is 103 Å². The van der Waals surface area contributed by atoms with Crippen LogP contribution in [-0.4, -0.2) is 44.6 Å². The van der Waals surface area contributed by atoms with E-state index in [4.69, 9.17) is 9.47 Å². The average molecular weight is 690 g/mol. The zero-order valence-electron chi connectivity index (χ0n) is 34.9. The molecule has 0 radical (unpaired) electrons. The number of ether oxygens (including phenoxy) is 2. The maximum absolute atomic E-state index is 13.1. The van der Waals surface area contributed by atoms with Crippen LogP contribution >= 0.6 is 0 Å². The van der Waals surface area contributed by atoms with Crippen molar-refractivity contribution in [1.29, 1.82) is 0 Å². The van der Waals surface area contributed by atoms with Gasteiger partial charge in [-0.25, -0.2) is 17.5 Å². The molecular formula is C40H80FNO4S. The monoisotopic (exact) mass is 690 g/mol. The molecule has 0 amide bonds. The van der Waals surface area contributed by atoms with Gasteiger partial charge in [0.05, 0.1) is 30.2 Å². The maximum Gasteiger partial charge on any atom is 0.214 e. The molecule has 1 aliphatic carbocycles. The number of sulfonamides is 1. The quantitative estimate of drug-likeness (QED) is 0.265. The van der Waals surface area contributed by atoms with Crippen LogP contribution in [0.2, 0.25) is 0 Å². The fourth-order valence-electron chi connectivity index (χ4n) is 2.95. The van der Waals surface area contributed by atoms with E-state index in [9.17, 15) is 12.8 Å². The smallest absolute Gasteiger partial charge is 0.214 e. The lowest BCUT2D eigenvalue weighted by molar-refractivity contribution is -0.0745. The van der Waals surface area contributed by atoms with Crippen LogP contribution in [0.25, 0.3) is 0 Å². The van der Waals surface area contributed by atoms with E-state index in [0.29, 0.717) is 28.8 Å². The van der Waals surface area contributed by atoms with Gasteiger partial charge in [-0.15, -0.1) is 0 Å². The van der Waals surface area contributed by atoms with E-state index < -0.39 is 10.0 Å². The number of hydrogen-bond donors (Lipinski definition) is 1. The van der Waals surface area contributed by atoms with Gasteiger partial charge in [0.15, 0.2) is 0 Å². The van der Waals surface area contributed by atoms with Crippen molar-refractivity contribution in [3.8, 4) is 0 Å². The predicted octanol–water partition coefficient (Wildman–Crippen LogP) is 11.9. The highest BCUT2D eigenvalue weighted by atomic mass is 32.2. The minimum atomic E-state index is -2.94. The summed E-state index contributed by atoms with van der Waals surface area (Å²) in [5, 5.41) is -0.0881. The van der Waals surface area contributed by atoms with Gasteiger partial charge in [-0.3, -0.25) is 0 Å². The van der Waals surface area contributed by atoms with E-state index in [1.165, 1.54) is 0 Å². The van der Waals surface area contributed by atoms with Crippen molar-refractivity contribution in [2.24, 2.45) is 16.2 Å². The lowest BCUT2D eigenvalue weighted by atomic mass is 9.71. The van der Waals surface area contributed by atoms with Gasteiger partial charge in [0, 0.05) is 11.5 Å². The summed E-state index contributed by atoms with van der Waals surface area (Å²) in [6.07, 6.45) is 1.97. The molecule has 1 aromatic carbocycles. The van der Waals surface area contributed by atoms with Crippen molar-refractivity contribution in [2.75, 3.05) is 13.2 Å². The zero-order valence-corrected chi connectivity index (χ0v) is 35.7. The van der Waals surface area contributed by atoms with Gasteiger partial charge >= 0.3 is 0 Å². The molecule has 1 N–H and O–H groups in total. The standard InChI is InChI=1S/C12H17F.C12H26O2.C8H18.C6H13NO2S.C2H6/c1-8(2)10-5-11(9(3)4)7-12(13)6-10;1-10(2)13-8-12(6,7)9-14-11(3,4)5;1-7(2,3)8(4,5)6;1-5(2)7-10(8,9)6-3-4-6;1-2/h5-9H,1-4H3;10H,8-9H2,1-7H3;1-6H3;5-7H,3-4H2,1-2H3;1-2H3. The van der Waals surface area contributed by atoms with Crippen LogP contribution in [0.3, 0.4) is 0 Å². The molecule has 0 unspecified atom stereocenters. The topological polar surface area (TPSA) is 64.6 Å². The van der Waals surface area contributed by atoms with E-state index in [1.807, 2.05) is 27.7 Å². The van der Waals surface area contributed by atoms with Crippen LogP contribution in [0, 0.1) is 22.1 Å². The van der Waals surface area contributed by atoms with Crippen LogP contribution in [0.5, 0.6) is 0 Å². The molecule has 0 aromatic heterocycles. The molecule has 1 saturated carbocycles. The summed E-state index contributed by atoms with van der Waals surface area (Å²) in [5.41, 5.74) is 3.08. The third-order valence-corrected chi connectivity index (χ3v) is 9.74. The van der Waals surface area contributed by atoms with Crippen LogP contribution in [0.4, 0.5) is 4.39 Å². The Bertz CT molecular complexity index is 1010. The molecule has 47 heavy (non-hydrogen) atoms. The highest BCUT2D eigenvalue weighted by Crippen LogP contribution is 2.36. The minimum Gasteiger partial charge on any atom is -0.378 e. The molecule has 0 aliphatic heterocycles. The Kier molecular flexibility index (Phi) is 23.5. The van der Waals surface area contributed by atoms with Crippen molar-refractivity contribution in [3.63, 3.8) is 0 Å². The van der Waals surface area contributed by atoms with Crippen molar-refractivity contribution in [1.82, 2.24) is 4.72 Å². The highest BCUT2D eigenvalue weighted by molar-refractivity contribution is 7.90. The van der Waals surface area contributed by atoms with Crippen LogP contribution in [0.15, 0.2) is 18.2 Å². The largest absolute Gasteiger partial charge is 0.378 e. The minimum absolute atomic E-state index is 0.0330.